The van der Waals surface area contributed by atoms with Crippen molar-refractivity contribution in [3.05, 3.63) is 75.9 Å². The van der Waals surface area contributed by atoms with Crippen LogP contribution in [0.1, 0.15) is 21.5 Å². The van der Waals surface area contributed by atoms with Gasteiger partial charge in [0.15, 0.2) is 0 Å². The van der Waals surface area contributed by atoms with Crippen molar-refractivity contribution < 1.29 is 23.5 Å². The average Bonchev–Trinajstić information content (AvgIpc) is 2.97. The van der Waals surface area contributed by atoms with Crippen LogP contribution in [-0.2, 0) is 16.1 Å². The Morgan fingerprint density at radius 2 is 2.00 bits per heavy atom. The number of hydrogen-bond donors (Lipinski definition) is 1. The van der Waals surface area contributed by atoms with Crippen LogP contribution in [0, 0.1) is 5.82 Å². The zero-order valence-electron chi connectivity index (χ0n) is 15.7. The SMILES string of the molecule is COCc1cccc(C(=O)NCCN2C(=O)S/C(=C\c3ccccc3F)C2=O)c1. The molecule has 2 aromatic carbocycles. The molecule has 0 saturated carbocycles. The number of carbonyl (C=O) groups excluding carboxylic acids is 3. The predicted molar refractivity (Wildman–Crippen MR) is 109 cm³/mol. The van der Waals surface area contributed by atoms with Crippen LogP contribution in [0.3, 0.4) is 0 Å². The van der Waals surface area contributed by atoms with Gasteiger partial charge in [0.25, 0.3) is 17.1 Å². The number of nitrogens with zero attached hydrogens (tertiary/aromatic N) is 1. The molecule has 1 fully saturated rings. The largest absolute Gasteiger partial charge is 0.380 e. The Labute approximate surface area is 171 Å². The first-order chi connectivity index (χ1) is 14.0. The third kappa shape index (κ3) is 5.10. The summed E-state index contributed by atoms with van der Waals surface area (Å²) in [7, 11) is 1.57. The second-order valence-corrected chi connectivity index (χ2v) is 7.24. The molecule has 0 atom stereocenters. The topological polar surface area (TPSA) is 75.7 Å². The number of ether oxygens (including phenoxy) is 1. The molecule has 6 nitrogen and oxygen atoms in total. The lowest BCUT2D eigenvalue weighted by Gasteiger charge is -2.13. The highest BCUT2D eigenvalue weighted by Crippen LogP contribution is 2.32. The van der Waals surface area contributed by atoms with Gasteiger partial charge in [0.1, 0.15) is 5.82 Å². The van der Waals surface area contributed by atoms with Gasteiger partial charge in [-0.3, -0.25) is 19.3 Å². The van der Waals surface area contributed by atoms with Gasteiger partial charge in [0.2, 0.25) is 0 Å². The molecule has 0 radical (unpaired) electrons. The number of rotatable bonds is 7. The van der Waals surface area contributed by atoms with E-state index in [9.17, 15) is 18.8 Å². The van der Waals surface area contributed by atoms with Crippen molar-refractivity contribution in [1.29, 1.82) is 0 Å². The Morgan fingerprint density at radius 1 is 1.21 bits per heavy atom. The van der Waals surface area contributed by atoms with Crippen LogP contribution in [0.2, 0.25) is 0 Å². The van der Waals surface area contributed by atoms with Gasteiger partial charge in [-0.05, 0) is 41.6 Å². The monoisotopic (exact) mass is 414 g/mol. The highest BCUT2D eigenvalue weighted by Gasteiger charge is 2.34. The fourth-order valence-corrected chi connectivity index (χ4v) is 3.63. The van der Waals surface area contributed by atoms with Crippen LogP contribution in [0.15, 0.2) is 53.4 Å². The minimum Gasteiger partial charge on any atom is -0.380 e. The Kier molecular flexibility index (Phi) is 6.79. The van der Waals surface area contributed by atoms with E-state index in [1.807, 2.05) is 6.07 Å². The van der Waals surface area contributed by atoms with Gasteiger partial charge in [-0.2, -0.15) is 0 Å². The lowest BCUT2D eigenvalue weighted by Crippen LogP contribution is -2.37. The van der Waals surface area contributed by atoms with E-state index in [0.29, 0.717) is 12.2 Å². The van der Waals surface area contributed by atoms with Gasteiger partial charge in [-0.1, -0.05) is 30.3 Å². The number of hydrogen-bond acceptors (Lipinski definition) is 5. The van der Waals surface area contributed by atoms with Crippen LogP contribution < -0.4 is 5.32 Å². The molecule has 150 valence electrons. The lowest BCUT2D eigenvalue weighted by molar-refractivity contribution is -0.122. The van der Waals surface area contributed by atoms with Crippen LogP contribution >= 0.6 is 11.8 Å². The number of imide groups is 1. The van der Waals surface area contributed by atoms with Crippen LogP contribution in [0.25, 0.3) is 6.08 Å². The van der Waals surface area contributed by atoms with Crippen molar-refractivity contribution in [2.24, 2.45) is 0 Å². The molecule has 1 heterocycles. The number of thioether (sulfide) groups is 1. The molecule has 1 N–H and O–H groups in total. The fraction of sp³-hybridized carbons (Fsp3) is 0.190. The summed E-state index contributed by atoms with van der Waals surface area (Å²) in [6, 6.07) is 13.0. The minimum atomic E-state index is -0.500. The minimum absolute atomic E-state index is 0.0305. The molecule has 3 rings (SSSR count). The standard InChI is InChI=1S/C21H19FN2O4S/c1-28-13-14-5-4-7-16(11-14)19(25)23-9-10-24-20(26)18(29-21(24)27)12-15-6-2-3-8-17(15)22/h2-8,11-12H,9-10,13H2,1H3,(H,23,25)/b18-12-. The maximum absolute atomic E-state index is 13.8. The van der Waals surface area contributed by atoms with E-state index in [-0.39, 0.29) is 29.5 Å². The quantitative estimate of drug-likeness (QED) is 0.703. The van der Waals surface area contributed by atoms with Gasteiger partial charge in [0.05, 0.1) is 11.5 Å². The zero-order valence-corrected chi connectivity index (χ0v) is 16.5. The molecule has 29 heavy (non-hydrogen) atoms. The number of halogens is 1. The smallest absolute Gasteiger partial charge is 0.293 e. The Hall–Kier alpha value is -2.97. The van der Waals surface area contributed by atoms with E-state index in [1.54, 1.807) is 37.4 Å². The fourth-order valence-electron chi connectivity index (χ4n) is 2.78. The maximum atomic E-state index is 13.8. The summed E-state index contributed by atoms with van der Waals surface area (Å²) < 4.78 is 18.8. The van der Waals surface area contributed by atoms with E-state index >= 15 is 0 Å². The van der Waals surface area contributed by atoms with E-state index in [2.05, 4.69) is 5.32 Å². The number of methoxy groups -OCH3 is 1. The van der Waals surface area contributed by atoms with Crippen molar-refractivity contribution in [3.63, 3.8) is 0 Å². The van der Waals surface area contributed by atoms with Crippen molar-refractivity contribution >= 4 is 34.9 Å². The predicted octanol–water partition coefficient (Wildman–Crippen LogP) is 3.44. The Morgan fingerprint density at radius 3 is 2.76 bits per heavy atom. The molecule has 1 saturated heterocycles. The van der Waals surface area contributed by atoms with E-state index in [4.69, 9.17) is 4.74 Å². The molecule has 1 aliphatic rings. The maximum Gasteiger partial charge on any atom is 0.293 e. The second kappa shape index (κ2) is 9.49. The Bertz CT molecular complexity index is 977. The molecular weight excluding hydrogens is 395 g/mol. The second-order valence-electron chi connectivity index (χ2n) is 6.24. The summed E-state index contributed by atoms with van der Waals surface area (Å²) >= 11 is 0.753. The molecule has 1 aliphatic heterocycles. The Balaban J connectivity index is 1.59. The first-order valence-electron chi connectivity index (χ1n) is 8.85. The molecule has 0 bridgehead atoms. The third-order valence-electron chi connectivity index (χ3n) is 4.19. The van der Waals surface area contributed by atoms with Crippen molar-refractivity contribution in [2.45, 2.75) is 6.61 Å². The molecule has 0 unspecified atom stereocenters. The van der Waals surface area contributed by atoms with Gasteiger partial charge in [-0.15, -0.1) is 0 Å². The van der Waals surface area contributed by atoms with Gasteiger partial charge in [0, 0.05) is 31.3 Å². The van der Waals surface area contributed by atoms with Crippen LogP contribution in [-0.4, -0.2) is 42.2 Å². The molecule has 0 aliphatic carbocycles. The van der Waals surface area contributed by atoms with Crippen molar-refractivity contribution in [1.82, 2.24) is 10.2 Å². The summed E-state index contributed by atoms with van der Waals surface area (Å²) in [5.41, 5.74) is 1.57. The first-order valence-corrected chi connectivity index (χ1v) is 9.67. The molecule has 0 aromatic heterocycles. The summed E-state index contributed by atoms with van der Waals surface area (Å²) in [5, 5.41) is 2.25. The third-order valence-corrected chi connectivity index (χ3v) is 5.09. The first kappa shape index (κ1) is 20.8. The highest BCUT2D eigenvalue weighted by molar-refractivity contribution is 8.18. The summed E-state index contributed by atoms with van der Waals surface area (Å²) in [6.07, 6.45) is 1.36. The average molecular weight is 414 g/mol. The zero-order chi connectivity index (χ0) is 20.8. The molecular formula is C21H19FN2O4S. The number of nitrogens with one attached hydrogen (secondary N) is 1. The van der Waals surface area contributed by atoms with Gasteiger partial charge < -0.3 is 10.1 Å². The van der Waals surface area contributed by atoms with E-state index in [0.717, 1.165) is 22.2 Å². The number of benzene rings is 2. The molecule has 3 amide bonds. The van der Waals surface area contributed by atoms with Crippen LogP contribution in [0.4, 0.5) is 9.18 Å². The lowest BCUT2D eigenvalue weighted by atomic mass is 10.1. The highest BCUT2D eigenvalue weighted by atomic mass is 32.2. The molecule has 0 spiro atoms. The molecule has 8 heteroatoms. The van der Waals surface area contributed by atoms with Crippen LogP contribution in [0.5, 0.6) is 0 Å². The number of carbonyl (C=O) groups is 3. The molecule has 2 aromatic rings. The van der Waals surface area contributed by atoms with E-state index in [1.165, 1.54) is 18.2 Å². The number of amides is 3. The summed E-state index contributed by atoms with van der Waals surface area (Å²) in [6.45, 7) is 0.535. The summed E-state index contributed by atoms with van der Waals surface area (Å²) in [5.74, 6) is -1.28. The van der Waals surface area contributed by atoms with Gasteiger partial charge in [-0.25, -0.2) is 4.39 Å². The normalized spacial score (nSPS) is 15.2. The van der Waals surface area contributed by atoms with E-state index < -0.39 is 17.0 Å². The van der Waals surface area contributed by atoms with Crippen molar-refractivity contribution in [2.75, 3.05) is 20.2 Å². The van der Waals surface area contributed by atoms with Gasteiger partial charge >= 0.3 is 0 Å². The van der Waals surface area contributed by atoms with Crippen molar-refractivity contribution in [3.8, 4) is 0 Å². The summed E-state index contributed by atoms with van der Waals surface area (Å²) in [4.78, 5) is 38.1.